The van der Waals surface area contributed by atoms with Crippen LogP contribution in [0.2, 0.25) is 0 Å². The molecule has 31 heavy (non-hydrogen) atoms. The van der Waals surface area contributed by atoms with Gasteiger partial charge in [0.25, 0.3) is 11.8 Å². The van der Waals surface area contributed by atoms with Crippen molar-refractivity contribution in [2.24, 2.45) is 5.92 Å². The molecule has 0 spiro atoms. The van der Waals surface area contributed by atoms with Crippen LogP contribution >= 0.6 is 0 Å². The molecule has 2 rings (SSSR count). The second-order valence-electron chi connectivity index (χ2n) is 7.62. The third kappa shape index (κ3) is 6.99. The number of anilines is 2. The number of hydrogen-bond donors (Lipinski definition) is 2. The second-order valence-corrected chi connectivity index (χ2v) is 9.64. The minimum absolute atomic E-state index is 0.260. The maximum absolute atomic E-state index is 12.6. The number of carbonyl (C=O) groups excluding carboxylic acids is 2. The van der Waals surface area contributed by atoms with Crippen LogP contribution in [0.15, 0.2) is 48.5 Å². The van der Waals surface area contributed by atoms with Crippen LogP contribution in [0.3, 0.4) is 0 Å². The molecular formula is C22H29N3O5S. The average molecular weight is 448 g/mol. The molecule has 0 aliphatic heterocycles. The van der Waals surface area contributed by atoms with Crippen LogP contribution in [0.1, 0.15) is 31.1 Å². The van der Waals surface area contributed by atoms with Crippen LogP contribution < -0.4 is 19.7 Å². The quantitative estimate of drug-likeness (QED) is 0.615. The number of amides is 2. The van der Waals surface area contributed by atoms with Gasteiger partial charge in [0.15, 0.2) is 6.10 Å². The van der Waals surface area contributed by atoms with E-state index in [2.05, 4.69) is 10.6 Å². The molecular weight excluding hydrogens is 418 g/mol. The third-order valence-corrected chi connectivity index (χ3v) is 5.69. The van der Waals surface area contributed by atoms with E-state index in [0.29, 0.717) is 35.2 Å². The number of nitrogens with one attached hydrogen (secondary N) is 2. The van der Waals surface area contributed by atoms with E-state index in [1.54, 1.807) is 55.5 Å². The van der Waals surface area contributed by atoms with E-state index in [9.17, 15) is 18.0 Å². The molecule has 0 saturated heterocycles. The Labute approximate surface area is 183 Å². The van der Waals surface area contributed by atoms with Crippen molar-refractivity contribution in [3.63, 3.8) is 0 Å². The first-order valence-electron chi connectivity index (χ1n) is 9.87. The van der Waals surface area contributed by atoms with E-state index >= 15 is 0 Å². The molecule has 1 atom stereocenters. The summed E-state index contributed by atoms with van der Waals surface area (Å²) in [6.45, 7) is 6.12. The minimum Gasteiger partial charge on any atom is -0.481 e. The van der Waals surface area contributed by atoms with Crippen molar-refractivity contribution in [1.29, 1.82) is 0 Å². The van der Waals surface area contributed by atoms with Gasteiger partial charge in [0.05, 0.1) is 23.2 Å². The van der Waals surface area contributed by atoms with Crippen molar-refractivity contribution < 1.29 is 22.7 Å². The van der Waals surface area contributed by atoms with E-state index in [1.165, 1.54) is 7.05 Å². The van der Waals surface area contributed by atoms with Gasteiger partial charge in [-0.15, -0.1) is 0 Å². The van der Waals surface area contributed by atoms with Crippen molar-refractivity contribution in [1.82, 2.24) is 5.32 Å². The normalized spacial score (nSPS) is 12.2. The van der Waals surface area contributed by atoms with Gasteiger partial charge in [0, 0.05) is 13.6 Å². The van der Waals surface area contributed by atoms with Crippen LogP contribution in [0.5, 0.6) is 5.75 Å². The molecule has 0 unspecified atom stereocenters. The van der Waals surface area contributed by atoms with Gasteiger partial charge >= 0.3 is 0 Å². The lowest BCUT2D eigenvalue weighted by molar-refractivity contribution is -0.122. The van der Waals surface area contributed by atoms with Gasteiger partial charge in [-0.05, 0) is 49.2 Å². The summed E-state index contributed by atoms with van der Waals surface area (Å²) in [6.07, 6.45) is 0.273. The molecule has 0 aromatic heterocycles. The Hall–Kier alpha value is -3.07. The highest BCUT2D eigenvalue weighted by atomic mass is 32.2. The molecule has 9 heteroatoms. The number of nitrogens with zero attached hydrogens (tertiary/aromatic N) is 1. The van der Waals surface area contributed by atoms with E-state index in [1.807, 2.05) is 13.8 Å². The summed E-state index contributed by atoms with van der Waals surface area (Å²) in [5.74, 6) is 0.0456. The molecule has 2 amide bonds. The van der Waals surface area contributed by atoms with Crippen molar-refractivity contribution in [2.75, 3.05) is 29.5 Å². The van der Waals surface area contributed by atoms with Crippen molar-refractivity contribution in [3.05, 3.63) is 54.1 Å². The summed E-state index contributed by atoms with van der Waals surface area (Å²) in [7, 11) is -1.91. The lowest BCUT2D eigenvalue weighted by atomic mass is 10.1. The van der Waals surface area contributed by atoms with Crippen molar-refractivity contribution in [3.8, 4) is 5.75 Å². The van der Waals surface area contributed by atoms with Gasteiger partial charge in [0.2, 0.25) is 10.0 Å². The first kappa shape index (κ1) is 24.2. The number of ether oxygens (including phenoxy) is 1. The van der Waals surface area contributed by atoms with Gasteiger partial charge in [0.1, 0.15) is 5.75 Å². The standard InChI is InChI=1S/C22H29N3O5S/c1-15(2)14-23-22(27)19-8-6-7-9-20(19)24-21(26)16(3)30-18-12-10-17(11-13-18)25(4)31(5,28)29/h6-13,15-16H,14H2,1-5H3,(H,23,27)(H,24,26)/t16-/m0/s1. The lowest BCUT2D eigenvalue weighted by Crippen LogP contribution is -2.32. The zero-order valence-electron chi connectivity index (χ0n) is 18.4. The predicted octanol–water partition coefficient (Wildman–Crippen LogP) is 2.87. The summed E-state index contributed by atoms with van der Waals surface area (Å²) in [5.41, 5.74) is 1.25. The van der Waals surface area contributed by atoms with Gasteiger partial charge in [-0.3, -0.25) is 13.9 Å². The Morgan fingerprint density at radius 1 is 1.03 bits per heavy atom. The fraction of sp³-hybridized carbons (Fsp3) is 0.364. The highest BCUT2D eigenvalue weighted by Gasteiger charge is 2.19. The zero-order valence-corrected chi connectivity index (χ0v) is 19.2. The van der Waals surface area contributed by atoms with Crippen LogP contribution in [-0.2, 0) is 14.8 Å². The fourth-order valence-electron chi connectivity index (χ4n) is 2.60. The second kappa shape index (κ2) is 10.3. The Morgan fingerprint density at radius 3 is 2.23 bits per heavy atom. The largest absolute Gasteiger partial charge is 0.481 e. The van der Waals surface area contributed by atoms with Gasteiger partial charge in [-0.2, -0.15) is 0 Å². The summed E-state index contributed by atoms with van der Waals surface area (Å²) in [5, 5.41) is 5.57. The molecule has 0 radical (unpaired) electrons. The topological polar surface area (TPSA) is 105 Å². The van der Waals surface area contributed by atoms with E-state index in [0.717, 1.165) is 10.6 Å². The fourth-order valence-corrected chi connectivity index (χ4v) is 3.10. The van der Waals surface area contributed by atoms with Crippen LogP contribution in [0.25, 0.3) is 0 Å². The van der Waals surface area contributed by atoms with Gasteiger partial charge < -0.3 is 15.4 Å². The lowest BCUT2D eigenvalue weighted by Gasteiger charge is -2.19. The van der Waals surface area contributed by atoms with Gasteiger partial charge in [-0.1, -0.05) is 26.0 Å². The summed E-state index contributed by atoms with van der Waals surface area (Å²) >= 11 is 0. The van der Waals surface area contributed by atoms with Crippen LogP contribution in [0.4, 0.5) is 11.4 Å². The first-order valence-corrected chi connectivity index (χ1v) is 11.7. The van der Waals surface area contributed by atoms with E-state index in [4.69, 9.17) is 4.74 Å². The Bertz CT molecular complexity index is 1020. The molecule has 2 aromatic carbocycles. The van der Waals surface area contributed by atoms with Crippen LogP contribution in [-0.4, -0.2) is 46.2 Å². The molecule has 0 fully saturated rings. The number of benzene rings is 2. The first-order chi connectivity index (χ1) is 14.5. The van der Waals surface area contributed by atoms with E-state index in [-0.39, 0.29) is 5.91 Å². The summed E-state index contributed by atoms with van der Waals surface area (Å²) < 4.78 is 30.1. The molecule has 8 nitrogen and oxygen atoms in total. The average Bonchev–Trinajstić information content (AvgIpc) is 2.71. The maximum Gasteiger partial charge on any atom is 0.265 e. The molecule has 2 N–H and O–H groups in total. The number of para-hydroxylation sites is 1. The Morgan fingerprint density at radius 2 is 1.65 bits per heavy atom. The number of carbonyl (C=O) groups is 2. The number of rotatable bonds is 9. The molecule has 0 aliphatic carbocycles. The molecule has 0 heterocycles. The SMILES string of the molecule is CC(C)CNC(=O)c1ccccc1NC(=O)[C@H](C)Oc1ccc(N(C)S(C)(=O)=O)cc1. The van der Waals surface area contributed by atoms with Crippen molar-refractivity contribution in [2.45, 2.75) is 26.9 Å². The molecule has 0 aliphatic rings. The smallest absolute Gasteiger partial charge is 0.265 e. The minimum atomic E-state index is -3.36. The van der Waals surface area contributed by atoms with Crippen molar-refractivity contribution >= 4 is 33.2 Å². The van der Waals surface area contributed by atoms with Gasteiger partial charge in [-0.25, -0.2) is 8.42 Å². The number of hydrogen-bond acceptors (Lipinski definition) is 5. The molecule has 0 bridgehead atoms. The third-order valence-electron chi connectivity index (χ3n) is 4.48. The monoisotopic (exact) mass is 447 g/mol. The van der Waals surface area contributed by atoms with Crippen LogP contribution in [0, 0.1) is 5.92 Å². The van der Waals surface area contributed by atoms with E-state index < -0.39 is 22.0 Å². The molecule has 168 valence electrons. The maximum atomic E-state index is 12.6. The highest BCUT2D eigenvalue weighted by Crippen LogP contribution is 2.22. The molecule has 0 saturated carbocycles. The summed E-state index contributed by atoms with van der Waals surface area (Å²) in [4.78, 5) is 25.0. The Kier molecular flexibility index (Phi) is 8.04. The zero-order chi connectivity index (χ0) is 23.2. The Balaban J connectivity index is 2.04. The number of sulfonamides is 1. The highest BCUT2D eigenvalue weighted by molar-refractivity contribution is 7.92. The summed E-state index contributed by atoms with van der Waals surface area (Å²) in [6, 6.07) is 13.1. The molecule has 2 aromatic rings. The predicted molar refractivity (Wildman–Crippen MR) is 122 cm³/mol.